The van der Waals surface area contributed by atoms with Crippen molar-refractivity contribution in [3.8, 4) is 28.7 Å². The van der Waals surface area contributed by atoms with Crippen LogP contribution < -0.4 is 23.1 Å². The van der Waals surface area contributed by atoms with E-state index in [4.69, 9.17) is 23.1 Å². The molecule has 0 atom stereocenters. The smallest absolute Gasteiger partial charge is 0.250 e. The molecule has 0 fully saturated rings. The normalized spacial score (nSPS) is 12.6. The molecule has 0 heterocycles. The summed E-state index contributed by atoms with van der Waals surface area (Å²) in [6.45, 7) is 23.4. The Balaban J connectivity index is 1.70. The third-order valence-corrected chi connectivity index (χ3v) is 18.5. The predicted molar refractivity (Wildman–Crippen MR) is 209 cm³/mol. The Kier molecular flexibility index (Phi) is 12.2. The molecule has 49 heavy (non-hydrogen) atoms. The van der Waals surface area contributed by atoms with Gasteiger partial charge in [0, 0.05) is 17.7 Å². The average Bonchev–Trinajstić information content (AvgIpc) is 3.04. The lowest BCUT2D eigenvalue weighted by molar-refractivity contribution is 0.286. The lowest BCUT2D eigenvalue weighted by Crippen LogP contribution is -2.44. The maximum absolute atomic E-state index is 7.02. The van der Waals surface area contributed by atoms with Gasteiger partial charge < -0.3 is 23.1 Å². The first-order valence-corrected chi connectivity index (χ1v) is 23.0. The highest BCUT2D eigenvalue weighted by Crippen LogP contribution is 2.43. The number of benzene rings is 4. The number of methoxy groups -OCH3 is 1. The van der Waals surface area contributed by atoms with Crippen molar-refractivity contribution >= 4 is 22.7 Å². The van der Waals surface area contributed by atoms with Gasteiger partial charge in [-0.15, -0.1) is 0 Å². The van der Waals surface area contributed by atoms with E-state index in [1.54, 1.807) is 7.11 Å². The fourth-order valence-corrected chi connectivity index (χ4v) is 6.68. The summed E-state index contributed by atoms with van der Waals surface area (Å²) in [4.78, 5) is 0. The molecule has 0 aliphatic heterocycles. The van der Waals surface area contributed by atoms with E-state index in [1.165, 1.54) is 0 Å². The summed E-state index contributed by atoms with van der Waals surface area (Å²) in [5, 5.41) is 0.0973. The second kappa shape index (κ2) is 15.7. The molecule has 0 saturated carbocycles. The molecule has 0 unspecified atom stereocenters. The maximum Gasteiger partial charge on any atom is 0.250 e. The second-order valence-corrected chi connectivity index (χ2v) is 25.1. The molecular formula is C42H56O5Si2. The highest BCUT2D eigenvalue weighted by atomic mass is 28.4. The quantitative estimate of drug-likeness (QED) is 0.123. The van der Waals surface area contributed by atoms with Gasteiger partial charge in [-0.25, -0.2) is 0 Å². The van der Waals surface area contributed by atoms with Crippen molar-refractivity contribution in [2.45, 2.75) is 97.4 Å². The molecule has 0 aliphatic rings. The summed E-state index contributed by atoms with van der Waals surface area (Å²) in [6, 6.07) is 30.6. The zero-order valence-corrected chi connectivity index (χ0v) is 33.5. The van der Waals surface area contributed by atoms with E-state index in [9.17, 15) is 0 Å². The molecule has 0 bridgehead atoms. The molecule has 0 amide bonds. The number of hydrogen-bond donors (Lipinski definition) is 0. The van der Waals surface area contributed by atoms with Crippen LogP contribution in [0.2, 0.25) is 36.3 Å². The lowest BCUT2D eigenvalue weighted by Gasteiger charge is -2.37. The van der Waals surface area contributed by atoms with Crippen LogP contribution in [0.4, 0.5) is 0 Å². The summed E-state index contributed by atoms with van der Waals surface area (Å²) in [7, 11) is -2.54. The van der Waals surface area contributed by atoms with Crippen molar-refractivity contribution in [1.82, 2.24) is 0 Å². The molecule has 7 heteroatoms. The number of ether oxygens (including phenoxy) is 3. The fraction of sp³-hybridized carbons (Fsp3) is 0.381. The molecule has 0 aliphatic carbocycles. The highest BCUT2D eigenvalue weighted by molar-refractivity contribution is 6.75. The van der Waals surface area contributed by atoms with E-state index in [0.717, 1.165) is 51.0 Å². The molecule has 0 aromatic heterocycles. The Hall–Kier alpha value is -3.95. The molecule has 4 aromatic rings. The third kappa shape index (κ3) is 10.3. The van der Waals surface area contributed by atoms with Gasteiger partial charge in [0.15, 0.2) is 5.75 Å². The van der Waals surface area contributed by atoms with Crippen LogP contribution in [-0.2, 0) is 19.6 Å². The van der Waals surface area contributed by atoms with Gasteiger partial charge in [0.2, 0.25) is 8.32 Å². The molecular weight excluding hydrogens is 641 g/mol. The maximum atomic E-state index is 7.02. The molecule has 0 saturated heterocycles. The van der Waals surface area contributed by atoms with Gasteiger partial charge in [-0.1, -0.05) is 120 Å². The zero-order chi connectivity index (χ0) is 35.9. The second-order valence-electron chi connectivity index (χ2n) is 15.7. The SMILES string of the molecule is COc1cc(C=CCc2c(OCc3ccccc3)cc(OCc3ccccc3)cc2O[Si](C)(C)C(C)(C)C)ccc1O[Si](C)(C)C(C)(C)C. The zero-order valence-electron chi connectivity index (χ0n) is 31.5. The predicted octanol–water partition coefficient (Wildman–Crippen LogP) is 11.9. The topological polar surface area (TPSA) is 46.2 Å². The largest absolute Gasteiger partial charge is 0.543 e. The third-order valence-electron chi connectivity index (χ3n) is 9.79. The van der Waals surface area contributed by atoms with Crippen LogP contribution in [0, 0.1) is 0 Å². The molecule has 0 radical (unpaired) electrons. The molecule has 4 rings (SSSR count). The van der Waals surface area contributed by atoms with Crippen LogP contribution in [0.3, 0.4) is 0 Å². The van der Waals surface area contributed by atoms with Gasteiger partial charge in [-0.05, 0) is 71.5 Å². The van der Waals surface area contributed by atoms with Gasteiger partial charge >= 0.3 is 0 Å². The lowest BCUT2D eigenvalue weighted by atomic mass is 10.1. The first-order chi connectivity index (χ1) is 23.0. The minimum absolute atomic E-state index is 0.0108. The number of hydrogen-bond acceptors (Lipinski definition) is 5. The van der Waals surface area contributed by atoms with Gasteiger partial charge in [0.1, 0.15) is 36.2 Å². The highest BCUT2D eigenvalue weighted by Gasteiger charge is 2.40. The Morgan fingerprint density at radius 1 is 0.571 bits per heavy atom. The first kappa shape index (κ1) is 37.9. The molecule has 0 N–H and O–H groups in total. The summed E-state index contributed by atoms with van der Waals surface area (Å²) in [6.07, 6.45) is 4.89. The van der Waals surface area contributed by atoms with Crippen molar-refractivity contribution in [3.05, 3.63) is 119 Å². The van der Waals surface area contributed by atoms with E-state index in [2.05, 4.69) is 110 Å². The van der Waals surface area contributed by atoms with Crippen molar-refractivity contribution in [3.63, 3.8) is 0 Å². The molecule has 262 valence electrons. The monoisotopic (exact) mass is 696 g/mol. The van der Waals surface area contributed by atoms with Crippen LogP contribution in [0.5, 0.6) is 28.7 Å². The number of allylic oxidation sites excluding steroid dienone is 1. The van der Waals surface area contributed by atoms with E-state index in [0.29, 0.717) is 19.6 Å². The van der Waals surface area contributed by atoms with Crippen molar-refractivity contribution in [2.75, 3.05) is 7.11 Å². The Bertz CT molecular complexity index is 1680. The average molecular weight is 697 g/mol. The Labute approximate surface area is 297 Å². The van der Waals surface area contributed by atoms with Crippen LogP contribution >= 0.6 is 0 Å². The van der Waals surface area contributed by atoms with Gasteiger partial charge in [0.05, 0.1) is 7.11 Å². The van der Waals surface area contributed by atoms with Crippen LogP contribution in [0.1, 0.15) is 63.8 Å². The van der Waals surface area contributed by atoms with E-state index in [-0.39, 0.29) is 10.1 Å². The van der Waals surface area contributed by atoms with Crippen molar-refractivity contribution < 1.29 is 23.1 Å². The van der Waals surface area contributed by atoms with Crippen LogP contribution in [0.15, 0.2) is 97.1 Å². The molecule has 4 aromatic carbocycles. The number of rotatable bonds is 14. The fourth-order valence-electron chi connectivity index (χ4n) is 4.62. The van der Waals surface area contributed by atoms with E-state index in [1.807, 2.05) is 60.7 Å². The van der Waals surface area contributed by atoms with E-state index >= 15 is 0 Å². The Morgan fingerprint density at radius 3 is 1.61 bits per heavy atom. The van der Waals surface area contributed by atoms with Gasteiger partial charge in [0.25, 0.3) is 8.32 Å². The van der Waals surface area contributed by atoms with Crippen LogP contribution in [-0.4, -0.2) is 23.7 Å². The van der Waals surface area contributed by atoms with Gasteiger partial charge in [-0.3, -0.25) is 0 Å². The summed E-state index contributed by atoms with van der Waals surface area (Å²) in [5.41, 5.74) is 4.22. The minimum atomic E-state index is -2.21. The summed E-state index contributed by atoms with van der Waals surface area (Å²) in [5.74, 6) is 3.80. The molecule has 0 spiro atoms. The summed E-state index contributed by atoms with van der Waals surface area (Å²) >= 11 is 0. The van der Waals surface area contributed by atoms with Crippen molar-refractivity contribution in [2.24, 2.45) is 0 Å². The van der Waals surface area contributed by atoms with E-state index < -0.39 is 16.6 Å². The standard InChI is InChI=1S/C42H56O5Si2/c1-41(2,3)48(8,9)46-37-26-25-32(27-40(37)43-7)23-18-24-36-38(45-31-34-21-16-13-17-22-34)28-35(44-30-33-19-14-12-15-20-33)29-39(36)47-49(10,11)42(4,5)6/h12-23,25-29H,24,30-31H2,1-11H3. The summed E-state index contributed by atoms with van der Waals surface area (Å²) < 4.78 is 32.3. The first-order valence-electron chi connectivity index (χ1n) is 17.2. The Morgan fingerprint density at radius 2 is 1.08 bits per heavy atom. The van der Waals surface area contributed by atoms with Crippen LogP contribution in [0.25, 0.3) is 6.08 Å². The molecule has 5 nitrogen and oxygen atoms in total. The van der Waals surface area contributed by atoms with Crippen molar-refractivity contribution in [1.29, 1.82) is 0 Å². The van der Waals surface area contributed by atoms with Gasteiger partial charge in [-0.2, -0.15) is 0 Å². The minimum Gasteiger partial charge on any atom is -0.543 e.